The molecule has 0 saturated heterocycles. The van der Waals surface area contributed by atoms with Crippen molar-refractivity contribution >= 4 is 17.2 Å². The number of hydrogen-bond acceptors (Lipinski definition) is 2. The molecule has 82 valence electrons. The predicted molar refractivity (Wildman–Crippen MR) is 63.5 cm³/mol. The van der Waals surface area contributed by atoms with Crippen LogP contribution in [-0.2, 0) is 4.79 Å². The van der Waals surface area contributed by atoms with Gasteiger partial charge in [0.25, 0.3) is 0 Å². The second kappa shape index (κ2) is 5.16. The van der Waals surface area contributed by atoms with Gasteiger partial charge in [0.1, 0.15) is 12.4 Å². The molecule has 0 aliphatic heterocycles. The van der Waals surface area contributed by atoms with Crippen molar-refractivity contribution in [2.24, 2.45) is 0 Å². The Balaban J connectivity index is 2.05. The van der Waals surface area contributed by atoms with Crippen molar-refractivity contribution in [2.75, 3.05) is 13.2 Å². The molecule has 2 aromatic carbocycles. The lowest BCUT2D eigenvalue weighted by molar-refractivity contribution is -0.109. The average Bonchev–Trinajstić information content (AvgIpc) is 2.34. The standard InChI is InChI=1S/C13H13NO2/c15-10-14-7-8-16-13-6-5-11-3-1-2-4-12(11)9-13/h1-6,9-10H,7-8H2,(H,14,15). The summed E-state index contributed by atoms with van der Waals surface area (Å²) in [5, 5.41) is 4.90. The van der Waals surface area contributed by atoms with Crippen LogP contribution in [0.3, 0.4) is 0 Å². The van der Waals surface area contributed by atoms with Crippen LogP contribution in [0.25, 0.3) is 10.8 Å². The third-order valence-corrected chi connectivity index (χ3v) is 2.32. The second-order valence-corrected chi connectivity index (χ2v) is 3.43. The highest BCUT2D eigenvalue weighted by Gasteiger charge is 1.96. The molecule has 0 atom stereocenters. The highest BCUT2D eigenvalue weighted by molar-refractivity contribution is 5.83. The van der Waals surface area contributed by atoms with Crippen molar-refractivity contribution < 1.29 is 9.53 Å². The van der Waals surface area contributed by atoms with Crippen molar-refractivity contribution in [1.29, 1.82) is 0 Å². The Kier molecular flexibility index (Phi) is 3.38. The molecule has 1 N–H and O–H groups in total. The van der Waals surface area contributed by atoms with Crippen LogP contribution in [0.1, 0.15) is 0 Å². The summed E-state index contributed by atoms with van der Waals surface area (Å²) in [6.07, 6.45) is 0.670. The van der Waals surface area contributed by atoms with Gasteiger partial charge in [0.05, 0.1) is 6.54 Å². The summed E-state index contributed by atoms with van der Waals surface area (Å²) in [5.74, 6) is 0.825. The monoisotopic (exact) mass is 215 g/mol. The van der Waals surface area contributed by atoms with Gasteiger partial charge in [-0.2, -0.15) is 0 Å². The molecule has 2 rings (SSSR count). The van der Waals surface area contributed by atoms with E-state index in [1.54, 1.807) is 0 Å². The number of hydrogen-bond donors (Lipinski definition) is 1. The summed E-state index contributed by atoms with van der Waals surface area (Å²) < 4.78 is 5.49. The zero-order valence-corrected chi connectivity index (χ0v) is 8.85. The minimum absolute atomic E-state index is 0.483. The molecular weight excluding hydrogens is 202 g/mol. The fourth-order valence-corrected chi connectivity index (χ4v) is 1.54. The summed E-state index contributed by atoms with van der Waals surface area (Å²) in [6.45, 7) is 1.01. The third kappa shape index (κ3) is 2.51. The molecule has 0 aromatic heterocycles. The van der Waals surface area contributed by atoms with Gasteiger partial charge in [-0.05, 0) is 22.9 Å². The average molecular weight is 215 g/mol. The molecule has 2 aromatic rings. The fraction of sp³-hybridized carbons (Fsp3) is 0.154. The van der Waals surface area contributed by atoms with Gasteiger partial charge in [-0.25, -0.2) is 0 Å². The normalized spacial score (nSPS) is 10.0. The smallest absolute Gasteiger partial charge is 0.207 e. The first kappa shape index (κ1) is 10.5. The lowest BCUT2D eigenvalue weighted by Crippen LogP contribution is -2.18. The third-order valence-electron chi connectivity index (χ3n) is 2.32. The number of carbonyl (C=O) groups excluding carboxylic acids is 1. The molecule has 0 heterocycles. The Labute approximate surface area is 94.0 Å². The Morgan fingerprint density at radius 3 is 2.75 bits per heavy atom. The molecule has 0 saturated carbocycles. The van der Waals surface area contributed by atoms with Crippen molar-refractivity contribution in [3.63, 3.8) is 0 Å². The molecule has 3 nitrogen and oxygen atoms in total. The highest BCUT2D eigenvalue weighted by Crippen LogP contribution is 2.20. The summed E-state index contributed by atoms with van der Waals surface area (Å²) in [7, 11) is 0. The van der Waals surface area contributed by atoms with Crippen LogP contribution in [0.4, 0.5) is 0 Å². The summed E-state index contributed by atoms with van der Waals surface area (Å²) in [4.78, 5) is 10.0. The molecule has 1 amide bonds. The molecule has 0 unspecified atom stereocenters. The van der Waals surface area contributed by atoms with E-state index >= 15 is 0 Å². The van der Waals surface area contributed by atoms with Gasteiger partial charge in [0.15, 0.2) is 0 Å². The highest BCUT2D eigenvalue weighted by atomic mass is 16.5. The fourth-order valence-electron chi connectivity index (χ4n) is 1.54. The molecule has 3 heteroatoms. The molecule has 0 spiro atoms. The van der Waals surface area contributed by atoms with E-state index in [0.717, 1.165) is 11.1 Å². The van der Waals surface area contributed by atoms with E-state index < -0.39 is 0 Å². The van der Waals surface area contributed by atoms with Gasteiger partial charge in [0, 0.05) is 0 Å². The van der Waals surface area contributed by atoms with Crippen LogP contribution in [0.15, 0.2) is 42.5 Å². The molecule has 0 radical (unpaired) electrons. The topological polar surface area (TPSA) is 38.3 Å². The first-order chi connectivity index (χ1) is 7.90. The van der Waals surface area contributed by atoms with Gasteiger partial charge in [-0.15, -0.1) is 0 Å². The SMILES string of the molecule is O=CNCCOc1ccc2ccccc2c1. The molecule has 0 aliphatic carbocycles. The molecular formula is C13H13NO2. The van der Waals surface area contributed by atoms with Crippen LogP contribution in [0, 0.1) is 0 Å². The van der Waals surface area contributed by atoms with Crippen molar-refractivity contribution in [2.45, 2.75) is 0 Å². The first-order valence-corrected chi connectivity index (χ1v) is 5.19. The van der Waals surface area contributed by atoms with Crippen LogP contribution in [0.2, 0.25) is 0 Å². The zero-order chi connectivity index (χ0) is 11.2. The maximum absolute atomic E-state index is 10.0. The van der Waals surface area contributed by atoms with Crippen molar-refractivity contribution in [3.05, 3.63) is 42.5 Å². The number of rotatable bonds is 5. The van der Waals surface area contributed by atoms with E-state index in [1.807, 2.05) is 36.4 Å². The number of benzene rings is 2. The van der Waals surface area contributed by atoms with Crippen LogP contribution in [0.5, 0.6) is 5.75 Å². The second-order valence-electron chi connectivity index (χ2n) is 3.43. The predicted octanol–water partition coefficient (Wildman–Crippen LogP) is 1.96. The quantitative estimate of drug-likeness (QED) is 0.611. The zero-order valence-electron chi connectivity index (χ0n) is 8.85. The maximum Gasteiger partial charge on any atom is 0.207 e. The molecule has 0 fully saturated rings. The minimum Gasteiger partial charge on any atom is -0.492 e. The number of amides is 1. The first-order valence-electron chi connectivity index (χ1n) is 5.19. The summed E-state index contributed by atoms with van der Waals surface area (Å²) >= 11 is 0. The van der Waals surface area contributed by atoms with Crippen LogP contribution < -0.4 is 10.1 Å². The van der Waals surface area contributed by atoms with E-state index in [4.69, 9.17) is 4.74 Å². The molecule has 0 bridgehead atoms. The van der Waals surface area contributed by atoms with E-state index in [2.05, 4.69) is 11.4 Å². The van der Waals surface area contributed by atoms with Gasteiger partial charge < -0.3 is 10.1 Å². The maximum atomic E-state index is 10.0. The number of fused-ring (bicyclic) bond motifs is 1. The largest absolute Gasteiger partial charge is 0.492 e. The summed E-state index contributed by atoms with van der Waals surface area (Å²) in [5.41, 5.74) is 0. The summed E-state index contributed by atoms with van der Waals surface area (Å²) in [6, 6.07) is 14.1. The van der Waals surface area contributed by atoms with Crippen molar-refractivity contribution in [1.82, 2.24) is 5.32 Å². The Hall–Kier alpha value is -2.03. The Morgan fingerprint density at radius 1 is 1.12 bits per heavy atom. The van der Waals surface area contributed by atoms with E-state index in [1.165, 1.54) is 5.39 Å². The van der Waals surface area contributed by atoms with Gasteiger partial charge in [-0.1, -0.05) is 30.3 Å². The lowest BCUT2D eigenvalue weighted by atomic mass is 10.1. The lowest BCUT2D eigenvalue weighted by Gasteiger charge is -2.06. The Morgan fingerprint density at radius 2 is 1.94 bits per heavy atom. The van der Waals surface area contributed by atoms with Gasteiger partial charge >= 0.3 is 0 Å². The Bertz CT molecular complexity index is 482. The number of nitrogens with one attached hydrogen (secondary N) is 1. The molecule has 0 aliphatic rings. The number of ether oxygens (including phenoxy) is 1. The van der Waals surface area contributed by atoms with Gasteiger partial charge in [-0.3, -0.25) is 4.79 Å². The van der Waals surface area contributed by atoms with Crippen LogP contribution >= 0.6 is 0 Å². The minimum atomic E-state index is 0.483. The van der Waals surface area contributed by atoms with Crippen LogP contribution in [-0.4, -0.2) is 19.6 Å². The number of carbonyl (C=O) groups is 1. The van der Waals surface area contributed by atoms with Crippen molar-refractivity contribution in [3.8, 4) is 5.75 Å². The van der Waals surface area contributed by atoms with E-state index in [0.29, 0.717) is 19.6 Å². The van der Waals surface area contributed by atoms with Gasteiger partial charge in [0.2, 0.25) is 6.41 Å². The molecule has 16 heavy (non-hydrogen) atoms. The van der Waals surface area contributed by atoms with E-state index in [-0.39, 0.29) is 0 Å². The van der Waals surface area contributed by atoms with E-state index in [9.17, 15) is 4.79 Å².